The molecule has 0 saturated carbocycles. The van der Waals surface area contributed by atoms with Crippen LogP contribution in [0, 0.1) is 0 Å². The zero-order valence-electron chi connectivity index (χ0n) is 14.4. The molecule has 1 aliphatic heterocycles. The van der Waals surface area contributed by atoms with Crippen LogP contribution in [0.4, 0.5) is 11.6 Å². The van der Waals surface area contributed by atoms with Crippen LogP contribution >= 0.6 is 0 Å². The molecule has 8 heteroatoms. The van der Waals surface area contributed by atoms with Crippen LogP contribution in [0.2, 0.25) is 0 Å². The van der Waals surface area contributed by atoms with E-state index in [4.69, 9.17) is 0 Å². The Labute approximate surface area is 150 Å². The lowest BCUT2D eigenvalue weighted by molar-refractivity contribution is -0.119. The fourth-order valence-corrected chi connectivity index (χ4v) is 2.66. The maximum absolute atomic E-state index is 12.5. The molecule has 1 saturated heterocycles. The molecule has 0 bridgehead atoms. The highest BCUT2D eigenvalue weighted by molar-refractivity contribution is 5.95. The summed E-state index contributed by atoms with van der Waals surface area (Å²) in [5, 5.41) is 3.01. The van der Waals surface area contributed by atoms with Gasteiger partial charge < -0.3 is 15.1 Å². The minimum absolute atomic E-state index is 0.0230. The Morgan fingerprint density at radius 1 is 1.08 bits per heavy atom. The van der Waals surface area contributed by atoms with E-state index in [2.05, 4.69) is 15.3 Å². The highest BCUT2D eigenvalue weighted by Gasteiger charge is 2.21. The van der Waals surface area contributed by atoms with Crippen molar-refractivity contribution in [1.29, 1.82) is 0 Å². The summed E-state index contributed by atoms with van der Waals surface area (Å²) in [6.45, 7) is 3.56. The zero-order chi connectivity index (χ0) is 18.5. The van der Waals surface area contributed by atoms with Crippen molar-refractivity contribution in [1.82, 2.24) is 19.8 Å². The summed E-state index contributed by atoms with van der Waals surface area (Å²) in [6, 6.07) is 7.04. The van der Waals surface area contributed by atoms with Crippen LogP contribution in [0.5, 0.6) is 0 Å². The number of carbonyl (C=O) groups is 3. The number of nitrogens with zero attached hydrogens (tertiary/aromatic N) is 4. The van der Waals surface area contributed by atoms with Crippen molar-refractivity contribution in [2.45, 2.75) is 6.92 Å². The number of hydrogen-bond donors (Lipinski definition) is 1. The van der Waals surface area contributed by atoms with Crippen molar-refractivity contribution >= 4 is 29.7 Å². The van der Waals surface area contributed by atoms with Gasteiger partial charge in [-0.1, -0.05) is 12.1 Å². The largest absolute Gasteiger partial charge is 0.342 e. The number of Topliss-reactive ketones (excluding diaryl/α,β-unsaturated/α-hetero) is 1. The molecule has 3 rings (SSSR count). The van der Waals surface area contributed by atoms with Gasteiger partial charge in [-0.15, -0.1) is 0 Å². The van der Waals surface area contributed by atoms with Gasteiger partial charge in [-0.2, -0.15) is 0 Å². The molecule has 26 heavy (non-hydrogen) atoms. The van der Waals surface area contributed by atoms with E-state index in [-0.39, 0.29) is 11.7 Å². The summed E-state index contributed by atoms with van der Waals surface area (Å²) >= 11 is 0. The molecule has 1 N–H and O–H groups in total. The first-order chi connectivity index (χ1) is 12.6. The van der Waals surface area contributed by atoms with Crippen LogP contribution in [0.1, 0.15) is 27.6 Å². The Kier molecular flexibility index (Phi) is 5.21. The van der Waals surface area contributed by atoms with Gasteiger partial charge in [-0.05, 0) is 19.1 Å². The van der Waals surface area contributed by atoms with Gasteiger partial charge in [0.05, 0.1) is 5.56 Å². The predicted molar refractivity (Wildman–Crippen MR) is 95.3 cm³/mol. The third kappa shape index (κ3) is 4.02. The van der Waals surface area contributed by atoms with Crippen LogP contribution in [0.3, 0.4) is 0 Å². The lowest BCUT2D eigenvalue weighted by Crippen LogP contribution is -2.48. The molecular weight excluding hydrogens is 334 g/mol. The van der Waals surface area contributed by atoms with Gasteiger partial charge in [-0.25, -0.2) is 9.97 Å². The second kappa shape index (κ2) is 7.73. The molecule has 1 aliphatic rings. The normalized spacial score (nSPS) is 14.0. The first kappa shape index (κ1) is 17.5. The smallest absolute Gasteiger partial charge is 0.257 e. The van der Waals surface area contributed by atoms with Crippen molar-refractivity contribution in [2.75, 3.05) is 31.5 Å². The highest BCUT2D eigenvalue weighted by Crippen LogP contribution is 2.15. The van der Waals surface area contributed by atoms with Crippen LogP contribution < -0.4 is 5.32 Å². The molecule has 0 spiro atoms. The zero-order valence-corrected chi connectivity index (χ0v) is 14.4. The molecule has 2 amide bonds. The Morgan fingerprint density at radius 3 is 2.38 bits per heavy atom. The average Bonchev–Trinajstić information content (AvgIpc) is 2.68. The van der Waals surface area contributed by atoms with E-state index in [1.54, 1.807) is 34.1 Å². The van der Waals surface area contributed by atoms with E-state index in [0.29, 0.717) is 48.9 Å². The van der Waals surface area contributed by atoms with Gasteiger partial charge >= 0.3 is 0 Å². The lowest BCUT2D eigenvalue weighted by atomic mass is 10.1. The minimum Gasteiger partial charge on any atom is -0.342 e. The topological polar surface area (TPSA) is 95.5 Å². The average molecular weight is 353 g/mol. The second-order valence-corrected chi connectivity index (χ2v) is 5.99. The second-order valence-electron chi connectivity index (χ2n) is 5.99. The van der Waals surface area contributed by atoms with E-state index >= 15 is 0 Å². The van der Waals surface area contributed by atoms with Crippen LogP contribution in [-0.4, -0.2) is 64.0 Å². The Hall–Kier alpha value is -3.29. The number of nitrogens with one attached hydrogen (secondary N) is 1. The molecule has 1 fully saturated rings. The molecular formula is C18H19N5O3. The van der Waals surface area contributed by atoms with E-state index in [1.807, 2.05) is 0 Å². The SMILES string of the molecule is CC(=O)c1cccc(Nc2ncc(C(=O)N3CCN(C=O)CC3)cn2)c1. The van der Waals surface area contributed by atoms with Crippen molar-refractivity contribution in [3.63, 3.8) is 0 Å². The molecule has 2 heterocycles. The number of hydrogen-bond acceptors (Lipinski definition) is 6. The van der Waals surface area contributed by atoms with Gasteiger partial charge in [-0.3, -0.25) is 14.4 Å². The van der Waals surface area contributed by atoms with Gasteiger partial charge in [0.1, 0.15) is 0 Å². The predicted octanol–water partition coefficient (Wildman–Crippen LogP) is 1.34. The molecule has 134 valence electrons. The molecule has 0 unspecified atom stereocenters. The standard InChI is InChI=1S/C18H19N5O3/c1-13(25)14-3-2-4-16(9-14)21-18-19-10-15(11-20-18)17(26)23-7-5-22(12-24)6-8-23/h2-4,9-12H,5-8H2,1H3,(H,19,20,21). The molecule has 1 aromatic heterocycles. The van der Waals surface area contributed by atoms with E-state index < -0.39 is 0 Å². The number of benzene rings is 1. The molecule has 1 aromatic carbocycles. The number of rotatable bonds is 5. The number of carbonyl (C=O) groups excluding carboxylic acids is 3. The first-order valence-corrected chi connectivity index (χ1v) is 8.25. The van der Waals surface area contributed by atoms with Gasteiger partial charge in [0.2, 0.25) is 12.4 Å². The van der Waals surface area contributed by atoms with Crippen LogP contribution in [0.25, 0.3) is 0 Å². The number of amides is 2. The first-order valence-electron chi connectivity index (χ1n) is 8.25. The summed E-state index contributed by atoms with van der Waals surface area (Å²) in [6.07, 6.45) is 3.74. The van der Waals surface area contributed by atoms with E-state index in [9.17, 15) is 14.4 Å². The van der Waals surface area contributed by atoms with Gasteiger partial charge in [0.25, 0.3) is 5.91 Å². The monoisotopic (exact) mass is 353 g/mol. The number of piperazine rings is 1. The van der Waals surface area contributed by atoms with E-state index in [0.717, 1.165) is 6.41 Å². The number of ketones is 1. The minimum atomic E-state index is -0.152. The summed E-state index contributed by atoms with van der Waals surface area (Å²) in [5.74, 6) is 0.166. The molecule has 2 aromatic rings. The van der Waals surface area contributed by atoms with Gasteiger partial charge in [0.15, 0.2) is 5.78 Å². The Bertz CT molecular complexity index is 814. The van der Waals surface area contributed by atoms with Crippen LogP contribution in [-0.2, 0) is 4.79 Å². The van der Waals surface area contributed by atoms with Crippen molar-refractivity contribution in [3.05, 3.63) is 47.8 Å². The lowest BCUT2D eigenvalue weighted by Gasteiger charge is -2.32. The molecule has 8 nitrogen and oxygen atoms in total. The Balaban J connectivity index is 1.65. The van der Waals surface area contributed by atoms with Gasteiger partial charge in [0, 0.05) is 49.8 Å². The third-order valence-corrected chi connectivity index (χ3v) is 4.17. The molecule has 0 aliphatic carbocycles. The maximum Gasteiger partial charge on any atom is 0.257 e. The summed E-state index contributed by atoms with van der Waals surface area (Å²) in [5.41, 5.74) is 1.69. The fraction of sp³-hybridized carbons (Fsp3) is 0.278. The summed E-state index contributed by atoms with van der Waals surface area (Å²) in [7, 11) is 0. The van der Waals surface area contributed by atoms with Crippen molar-refractivity contribution in [2.24, 2.45) is 0 Å². The van der Waals surface area contributed by atoms with Crippen molar-refractivity contribution in [3.8, 4) is 0 Å². The van der Waals surface area contributed by atoms with Crippen molar-refractivity contribution < 1.29 is 14.4 Å². The summed E-state index contributed by atoms with van der Waals surface area (Å²) in [4.78, 5) is 46.3. The molecule has 0 atom stereocenters. The quantitative estimate of drug-likeness (QED) is 0.644. The maximum atomic E-state index is 12.5. The third-order valence-electron chi connectivity index (χ3n) is 4.17. The highest BCUT2D eigenvalue weighted by atomic mass is 16.2. The number of anilines is 2. The molecule has 0 radical (unpaired) electrons. The Morgan fingerprint density at radius 2 is 1.77 bits per heavy atom. The fourth-order valence-electron chi connectivity index (χ4n) is 2.66. The van der Waals surface area contributed by atoms with E-state index in [1.165, 1.54) is 19.3 Å². The summed E-state index contributed by atoms with van der Waals surface area (Å²) < 4.78 is 0. The number of aromatic nitrogens is 2. The van der Waals surface area contributed by atoms with Crippen LogP contribution in [0.15, 0.2) is 36.7 Å².